The SMILES string of the molecule is Cc1[nH]c2ccccc2c1C(=O)NCc1ccc(CS(=O)(=O)NC(C)C)cc1. The van der Waals surface area contributed by atoms with E-state index >= 15 is 0 Å². The number of H-pyrrole nitrogens is 1. The van der Waals surface area contributed by atoms with Crippen LogP contribution >= 0.6 is 0 Å². The van der Waals surface area contributed by atoms with E-state index in [0.29, 0.717) is 17.7 Å². The Morgan fingerprint density at radius 2 is 1.68 bits per heavy atom. The Hall–Kier alpha value is -2.64. The molecule has 0 spiro atoms. The lowest BCUT2D eigenvalue weighted by Crippen LogP contribution is -2.31. The lowest BCUT2D eigenvalue weighted by molar-refractivity contribution is 0.0952. The zero-order valence-corrected chi connectivity index (χ0v) is 17.1. The van der Waals surface area contributed by atoms with Crippen LogP contribution in [0.15, 0.2) is 48.5 Å². The highest BCUT2D eigenvalue weighted by Gasteiger charge is 2.16. The largest absolute Gasteiger partial charge is 0.358 e. The average Bonchev–Trinajstić information content (AvgIpc) is 2.95. The third-order valence-corrected chi connectivity index (χ3v) is 5.91. The molecule has 28 heavy (non-hydrogen) atoms. The van der Waals surface area contributed by atoms with Crippen LogP contribution in [0.2, 0.25) is 0 Å². The molecule has 0 atom stereocenters. The average molecular weight is 400 g/mol. The summed E-state index contributed by atoms with van der Waals surface area (Å²) >= 11 is 0. The quantitative estimate of drug-likeness (QED) is 0.570. The molecular formula is C21H25N3O3S. The van der Waals surface area contributed by atoms with E-state index in [9.17, 15) is 13.2 Å². The summed E-state index contributed by atoms with van der Waals surface area (Å²) in [5.41, 5.74) is 4.03. The third-order valence-electron chi connectivity index (χ3n) is 4.37. The molecule has 0 fully saturated rings. The fourth-order valence-corrected chi connectivity index (χ4v) is 4.65. The van der Waals surface area contributed by atoms with Crippen LogP contribution < -0.4 is 10.0 Å². The van der Waals surface area contributed by atoms with E-state index in [0.717, 1.165) is 22.2 Å². The first-order valence-corrected chi connectivity index (χ1v) is 10.8. The maximum absolute atomic E-state index is 12.7. The number of hydrogen-bond donors (Lipinski definition) is 3. The number of benzene rings is 2. The Bertz CT molecular complexity index is 1080. The molecule has 7 heteroatoms. The summed E-state index contributed by atoms with van der Waals surface area (Å²) in [4.78, 5) is 15.9. The molecule has 0 aliphatic rings. The first kappa shape index (κ1) is 20.1. The molecule has 1 aromatic heterocycles. The zero-order chi connectivity index (χ0) is 20.3. The van der Waals surface area contributed by atoms with E-state index in [4.69, 9.17) is 0 Å². The Kier molecular flexibility index (Phi) is 5.86. The van der Waals surface area contributed by atoms with Crippen LogP contribution in [0.25, 0.3) is 10.9 Å². The number of rotatable bonds is 7. The van der Waals surface area contributed by atoms with Crippen LogP contribution in [-0.2, 0) is 22.3 Å². The van der Waals surface area contributed by atoms with Gasteiger partial charge in [-0.25, -0.2) is 13.1 Å². The molecule has 1 heterocycles. The molecule has 0 aliphatic carbocycles. The summed E-state index contributed by atoms with van der Waals surface area (Å²) in [5.74, 6) is -0.199. The van der Waals surface area contributed by atoms with Crippen molar-refractivity contribution in [1.82, 2.24) is 15.0 Å². The van der Waals surface area contributed by atoms with E-state index in [1.165, 1.54) is 0 Å². The lowest BCUT2D eigenvalue weighted by atomic mass is 10.1. The van der Waals surface area contributed by atoms with Gasteiger partial charge in [0.2, 0.25) is 10.0 Å². The van der Waals surface area contributed by atoms with E-state index in [2.05, 4.69) is 15.0 Å². The van der Waals surface area contributed by atoms with Gasteiger partial charge in [-0.05, 0) is 38.0 Å². The molecule has 0 radical (unpaired) electrons. The number of aromatic nitrogens is 1. The molecule has 0 saturated carbocycles. The number of hydrogen-bond acceptors (Lipinski definition) is 3. The van der Waals surface area contributed by atoms with Crippen molar-refractivity contribution >= 4 is 26.8 Å². The van der Waals surface area contributed by atoms with E-state index in [1.807, 2.05) is 43.3 Å². The van der Waals surface area contributed by atoms with Gasteiger partial charge in [-0.3, -0.25) is 4.79 Å². The number of carbonyl (C=O) groups is 1. The second-order valence-corrected chi connectivity index (χ2v) is 8.96. The van der Waals surface area contributed by atoms with Gasteiger partial charge in [0.1, 0.15) is 0 Å². The van der Waals surface area contributed by atoms with Gasteiger partial charge in [0, 0.05) is 29.2 Å². The minimum Gasteiger partial charge on any atom is -0.358 e. The highest BCUT2D eigenvalue weighted by molar-refractivity contribution is 7.88. The molecule has 6 nitrogen and oxygen atoms in total. The van der Waals surface area contributed by atoms with Crippen LogP contribution in [-0.4, -0.2) is 25.4 Å². The normalized spacial score (nSPS) is 11.9. The standard InChI is InChI=1S/C21H25N3O3S/c1-14(2)24-28(26,27)13-17-10-8-16(9-11-17)12-22-21(25)20-15(3)23-19-7-5-4-6-18(19)20/h4-11,14,23-24H,12-13H2,1-3H3,(H,22,25). The summed E-state index contributed by atoms with van der Waals surface area (Å²) in [6.45, 7) is 5.84. The molecule has 0 bridgehead atoms. The second-order valence-electron chi connectivity index (χ2n) is 7.20. The molecule has 148 valence electrons. The van der Waals surface area contributed by atoms with Crippen molar-refractivity contribution in [2.24, 2.45) is 0 Å². The number of carbonyl (C=O) groups excluding carboxylic acids is 1. The summed E-state index contributed by atoms with van der Waals surface area (Å²) in [5, 5.41) is 3.84. The van der Waals surface area contributed by atoms with Crippen LogP contribution in [0.1, 0.15) is 41.0 Å². The van der Waals surface area contributed by atoms with Crippen LogP contribution in [0.3, 0.4) is 0 Å². The maximum Gasteiger partial charge on any atom is 0.253 e. The maximum atomic E-state index is 12.7. The van der Waals surface area contributed by atoms with Gasteiger partial charge in [0.15, 0.2) is 0 Å². The first-order valence-electron chi connectivity index (χ1n) is 9.18. The lowest BCUT2D eigenvalue weighted by Gasteiger charge is -2.10. The molecule has 3 N–H and O–H groups in total. The van der Waals surface area contributed by atoms with Gasteiger partial charge in [0.05, 0.1) is 11.3 Å². The number of fused-ring (bicyclic) bond motifs is 1. The van der Waals surface area contributed by atoms with Gasteiger partial charge in [-0.2, -0.15) is 0 Å². The Balaban J connectivity index is 1.65. The third kappa shape index (κ3) is 4.79. The minimum atomic E-state index is -3.35. The second kappa shape index (κ2) is 8.16. The van der Waals surface area contributed by atoms with E-state index in [1.54, 1.807) is 26.0 Å². The number of amides is 1. The smallest absolute Gasteiger partial charge is 0.253 e. The van der Waals surface area contributed by atoms with Crippen molar-refractivity contribution < 1.29 is 13.2 Å². The van der Waals surface area contributed by atoms with Crippen LogP contribution in [0, 0.1) is 6.92 Å². The fourth-order valence-electron chi connectivity index (χ4n) is 3.21. The van der Waals surface area contributed by atoms with Crippen LogP contribution in [0.5, 0.6) is 0 Å². The molecule has 0 unspecified atom stereocenters. The summed E-state index contributed by atoms with van der Waals surface area (Å²) < 4.78 is 26.6. The number of para-hydroxylation sites is 1. The fraction of sp³-hybridized carbons (Fsp3) is 0.286. The van der Waals surface area contributed by atoms with Gasteiger partial charge in [-0.1, -0.05) is 42.5 Å². The predicted molar refractivity (Wildman–Crippen MR) is 112 cm³/mol. The molecule has 3 rings (SSSR count). The summed E-state index contributed by atoms with van der Waals surface area (Å²) in [6.07, 6.45) is 0. The number of aromatic amines is 1. The molecule has 2 aromatic carbocycles. The highest BCUT2D eigenvalue weighted by Crippen LogP contribution is 2.21. The Morgan fingerprint density at radius 1 is 1.04 bits per heavy atom. The first-order chi connectivity index (χ1) is 13.2. The Labute approximate surface area is 165 Å². The van der Waals surface area contributed by atoms with E-state index < -0.39 is 10.0 Å². The Morgan fingerprint density at radius 3 is 2.36 bits per heavy atom. The number of sulfonamides is 1. The highest BCUT2D eigenvalue weighted by atomic mass is 32.2. The van der Waals surface area contributed by atoms with Gasteiger partial charge < -0.3 is 10.3 Å². The predicted octanol–water partition coefficient (Wildman–Crippen LogP) is 3.23. The van der Waals surface area contributed by atoms with Crippen LogP contribution in [0.4, 0.5) is 0 Å². The van der Waals surface area contributed by atoms with Crippen molar-refractivity contribution in [3.8, 4) is 0 Å². The van der Waals surface area contributed by atoms with Crippen molar-refractivity contribution in [3.63, 3.8) is 0 Å². The molecule has 0 saturated heterocycles. The van der Waals surface area contributed by atoms with Crippen molar-refractivity contribution in [1.29, 1.82) is 0 Å². The van der Waals surface area contributed by atoms with E-state index in [-0.39, 0.29) is 17.7 Å². The molecule has 3 aromatic rings. The van der Waals surface area contributed by atoms with Gasteiger partial charge in [0.25, 0.3) is 5.91 Å². The number of aryl methyl sites for hydroxylation is 1. The molecule has 0 aliphatic heterocycles. The zero-order valence-electron chi connectivity index (χ0n) is 16.2. The van der Waals surface area contributed by atoms with Gasteiger partial charge >= 0.3 is 0 Å². The molecular weight excluding hydrogens is 374 g/mol. The summed E-state index contributed by atoms with van der Waals surface area (Å²) in [7, 11) is -3.35. The summed E-state index contributed by atoms with van der Waals surface area (Å²) in [6, 6.07) is 14.8. The van der Waals surface area contributed by atoms with Crippen molar-refractivity contribution in [3.05, 3.63) is 70.9 Å². The monoisotopic (exact) mass is 399 g/mol. The topological polar surface area (TPSA) is 91.1 Å². The van der Waals surface area contributed by atoms with Crippen molar-refractivity contribution in [2.45, 2.75) is 39.1 Å². The van der Waals surface area contributed by atoms with Crippen molar-refractivity contribution in [2.75, 3.05) is 0 Å². The minimum absolute atomic E-state index is 0.0631. The van der Waals surface area contributed by atoms with Gasteiger partial charge in [-0.15, -0.1) is 0 Å². The number of nitrogens with one attached hydrogen (secondary N) is 3. The molecule has 1 amide bonds.